The Morgan fingerprint density at radius 3 is 1.62 bits per heavy atom. The predicted molar refractivity (Wildman–Crippen MR) is 84.3 cm³/mol. The second kappa shape index (κ2) is 15.0. The van der Waals surface area contributed by atoms with Gasteiger partial charge in [0.25, 0.3) is 0 Å². The molecule has 0 bridgehead atoms. The van der Waals surface area contributed by atoms with E-state index in [0.717, 1.165) is 5.92 Å². The molecule has 0 aromatic carbocycles. The Labute approximate surface area is 108 Å². The molecule has 0 heteroatoms. The van der Waals surface area contributed by atoms with E-state index in [1.54, 1.807) is 0 Å². The van der Waals surface area contributed by atoms with Crippen LogP contribution >= 0.6 is 0 Å². The molecular formula is C16H42. The van der Waals surface area contributed by atoms with Crippen molar-refractivity contribution in [1.82, 2.24) is 0 Å². The van der Waals surface area contributed by atoms with Gasteiger partial charge in [-0.3, -0.25) is 0 Å². The maximum absolute atomic E-state index is 2.45. The zero-order valence-corrected chi connectivity index (χ0v) is 9.61. The molecule has 0 radical (unpaired) electrons. The van der Waals surface area contributed by atoms with Crippen LogP contribution in [0.2, 0.25) is 0 Å². The first kappa shape index (κ1) is 29.8. The van der Waals surface area contributed by atoms with Crippen molar-refractivity contribution < 1.29 is 0 Å². The SMILES string of the molecule is C.C.C.C.CCCC(C)(CC)CC(C)CC. The second-order valence-electron chi connectivity index (χ2n) is 4.63. The summed E-state index contributed by atoms with van der Waals surface area (Å²) in [5.74, 6) is 0.904. The minimum absolute atomic E-state index is 0. The molecule has 0 fully saturated rings. The van der Waals surface area contributed by atoms with E-state index in [0.29, 0.717) is 5.41 Å². The summed E-state index contributed by atoms with van der Waals surface area (Å²) in [5.41, 5.74) is 0.615. The molecule has 0 saturated heterocycles. The van der Waals surface area contributed by atoms with Crippen molar-refractivity contribution in [3.8, 4) is 0 Å². The van der Waals surface area contributed by atoms with Crippen LogP contribution in [0.5, 0.6) is 0 Å². The van der Waals surface area contributed by atoms with Crippen LogP contribution in [0.4, 0.5) is 0 Å². The van der Waals surface area contributed by atoms with Crippen LogP contribution in [-0.4, -0.2) is 0 Å². The first-order valence-electron chi connectivity index (χ1n) is 5.58. The normalized spacial score (nSPS) is 14.1. The van der Waals surface area contributed by atoms with Crippen molar-refractivity contribution in [3.63, 3.8) is 0 Å². The summed E-state index contributed by atoms with van der Waals surface area (Å²) < 4.78 is 0. The largest absolute Gasteiger partial charge is 0.0776 e. The van der Waals surface area contributed by atoms with Gasteiger partial charge in [-0.2, -0.15) is 0 Å². The first-order valence-corrected chi connectivity index (χ1v) is 5.58. The van der Waals surface area contributed by atoms with Crippen LogP contribution in [0.3, 0.4) is 0 Å². The maximum atomic E-state index is 2.45. The fourth-order valence-electron chi connectivity index (χ4n) is 2.01. The highest BCUT2D eigenvalue weighted by Crippen LogP contribution is 2.35. The van der Waals surface area contributed by atoms with E-state index >= 15 is 0 Å². The van der Waals surface area contributed by atoms with Crippen LogP contribution in [0.1, 0.15) is 96.4 Å². The molecule has 16 heavy (non-hydrogen) atoms. The summed E-state index contributed by atoms with van der Waals surface area (Å²) in [5, 5.41) is 0. The van der Waals surface area contributed by atoms with Crippen molar-refractivity contribution in [3.05, 3.63) is 0 Å². The predicted octanol–water partition coefficient (Wildman–Crippen LogP) is 7.18. The van der Waals surface area contributed by atoms with Gasteiger partial charge in [-0.25, -0.2) is 0 Å². The average molecular weight is 235 g/mol. The quantitative estimate of drug-likeness (QED) is 0.456. The number of rotatable bonds is 6. The smallest absolute Gasteiger partial charge is 0.0326 e. The Morgan fingerprint density at radius 1 is 0.938 bits per heavy atom. The van der Waals surface area contributed by atoms with Gasteiger partial charge in [0.1, 0.15) is 0 Å². The van der Waals surface area contributed by atoms with Crippen molar-refractivity contribution in [2.24, 2.45) is 11.3 Å². The van der Waals surface area contributed by atoms with E-state index < -0.39 is 0 Å². The maximum Gasteiger partial charge on any atom is -0.0326 e. The second-order valence-corrected chi connectivity index (χ2v) is 4.63. The van der Waals surface area contributed by atoms with Gasteiger partial charge in [0.05, 0.1) is 0 Å². The van der Waals surface area contributed by atoms with Gasteiger partial charge in [0.2, 0.25) is 0 Å². The highest BCUT2D eigenvalue weighted by molar-refractivity contribution is 4.74. The molecule has 0 spiro atoms. The Balaban J connectivity index is -0.000000101. The van der Waals surface area contributed by atoms with Gasteiger partial charge in [-0.05, 0) is 24.2 Å². The van der Waals surface area contributed by atoms with Crippen molar-refractivity contribution in [2.75, 3.05) is 0 Å². The summed E-state index contributed by atoms with van der Waals surface area (Å²) in [4.78, 5) is 0. The zero-order valence-electron chi connectivity index (χ0n) is 9.61. The van der Waals surface area contributed by atoms with E-state index in [1.165, 1.54) is 32.1 Å². The van der Waals surface area contributed by atoms with E-state index in [2.05, 4.69) is 34.6 Å². The number of hydrogen-bond acceptors (Lipinski definition) is 0. The lowest BCUT2D eigenvalue weighted by Crippen LogP contribution is -2.18. The first-order chi connectivity index (χ1) is 5.58. The third-order valence-electron chi connectivity index (χ3n) is 3.25. The van der Waals surface area contributed by atoms with Crippen LogP contribution in [0.15, 0.2) is 0 Å². The summed E-state index contributed by atoms with van der Waals surface area (Å²) in [6, 6.07) is 0. The van der Waals surface area contributed by atoms with Crippen molar-refractivity contribution in [2.45, 2.75) is 96.4 Å². The van der Waals surface area contributed by atoms with Gasteiger partial charge in [-0.1, -0.05) is 83.6 Å². The van der Waals surface area contributed by atoms with Gasteiger partial charge in [0.15, 0.2) is 0 Å². The molecule has 2 atom stereocenters. The molecule has 2 unspecified atom stereocenters. The Bertz CT molecular complexity index is 107. The molecule has 0 aromatic rings. The summed E-state index contributed by atoms with van der Waals surface area (Å²) in [6.07, 6.45) is 6.81. The van der Waals surface area contributed by atoms with Gasteiger partial charge in [-0.15, -0.1) is 0 Å². The Morgan fingerprint density at radius 2 is 1.38 bits per heavy atom. The molecule has 0 aromatic heterocycles. The van der Waals surface area contributed by atoms with E-state index in [1.807, 2.05) is 0 Å². The molecule has 0 N–H and O–H groups in total. The minimum Gasteiger partial charge on any atom is -0.0776 e. The van der Waals surface area contributed by atoms with Crippen LogP contribution < -0.4 is 0 Å². The highest BCUT2D eigenvalue weighted by Gasteiger charge is 2.22. The monoisotopic (exact) mass is 234 g/mol. The zero-order chi connectivity index (χ0) is 9.61. The lowest BCUT2D eigenvalue weighted by atomic mass is 9.75. The Kier molecular flexibility index (Phi) is 27.9. The molecule has 0 aliphatic heterocycles. The minimum atomic E-state index is 0. The fraction of sp³-hybridized carbons (Fsp3) is 1.00. The molecule has 0 aliphatic carbocycles. The molecule has 0 nitrogen and oxygen atoms in total. The molecule has 0 heterocycles. The molecule has 0 aliphatic rings. The van der Waals surface area contributed by atoms with Crippen molar-refractivity contribution in [1.29, 1.82) is 0 Å². The topological polar surface area (TPSA) is 0 Å². The Hall–Kier alpha value is 0. The molecular weight excluding hydrogens is 192 g/mol. The van der Waals surface area contributed by atoms with E-state index in [-0.39, 0.29) is 29.7 Å². The standard InChI is InChI=1S/C12H26.4CH4/c1-6-9-12(5,8-3)10-11(4)7-2;;;;/h11H,6-10H2,1-5H3;4*1H4. The van der Waals surface area contributed by atoms with Gasteiger partial charge in [0, 0.05) is 0 Å². The van der Waals surface area contributed by atoms with Crippen LogP contribution in [0.25, 0.3) is 0 Å². The number of hydrogen-bond donors (Lipinski definition) is 0. The lowest BCUT2D eigenvalue weighted by molar-refractivity contribution is 0.214. The summed E-state index contributed by atoms with van der Waals surface area (Å²) in [6.45, 7) is 11.8. The van der Waals surface area contributed by atoms with E-state index in [9.17, 15) is 0 Å². The van der Waals surface area contributed by atoms with Gasteiger partial charge >= 0.3 is 0 Å². The third-order valence-corrected chi connectivity index (χ3v) is 3.25. The fourth-order valence-corrected chi connectivity index (χ4v) is 2.01. The highest BCUT2D eigenvalue weighted by atomic mass is 14.3. The van der Waals surface area contributed by atoms with E-state index in [4.69, 9.17) is 0 Å². The third kappa shape index (κ3) is 12.1. The van der Waals surface area contributed by atoms with Crippen LogP contribution in [0, 0.1) is 11.3 Å². The summed E-state index contributed by atoms with van der Waals surface area (Å²) in [7, 11) is 0. The lowest BCUT2D eigenvalue weighted by Gasteiger charge is -2.30. The molecule has 106 valence electrons. The molecule has 0 rings (SSSR count). The van der Waals surface area contributed by atoms with Crippen LogP contribution in [-0.2, 0) is 0 Å². The van der Waals surface area contributed by atoms with Crippen molar-refractivity contribution >= 4 is 0 Å². The molecule has 0 saturated carbocycles. The van der Waals surface area contributed by atoms with Gasteiger partial charge < -0.3 is 0 Å². The average Bonchev–Trinajstić information content (AvgIpc) is 2.05. The molecule has 0 amide bonds. The summed E-state index contributed by atoms with van der Waals surface area (Å²) >= 11 is 0.